The van der Waals surface area contributed by atoms with E-state index in [2.05, 4.69) is 16.0 Å². The van der Waals surface area contributed by atoms with Gasteiger partial charge in [-0.1, -0.05) is 12.1 Å². The van der Waals surface area contributed by atoms with E-state index < -0.39 is 23.9 Å². The molecule has 0 aromatic heterocycles. The topological polar surface area (TPSA) is 90.5 Å². The van der Waals surface area contributed by atoms with Gasteiger partial charge in [-0.05, 0) is 25.5 Å². The van der Waals surface area contributed by atoms with Crippen LogP contribution < -0.4 is 16.0 Å². The smallest absolute Gasteiger partial charge is 0.319 e. The van der Waals surface area contributed by atoms with E-state index in [4.69, 9.17) is 0 Å². The Labute approximate surface area is 132 Å². The molecule has 4 amide bonds. The highest BCUT2D eigenvalue weighted by atomic mass is 19.1. The molecule has 1 aromatic rings. The summed E-state index contributed by atoms with van der Waals surface area (Å²) in [6.45, 7) is 1.90. The fourth-order valence-corrected chi connectivity index (χ4v) is 2.96. The zero-order chi connectivity index (χ0) is 16.6. The third-order valence-corrected chi connectivity index (χ3v) is 4.07. The molecular formula is C15H17FN4O3. The largest absolute Gasteiger partial charge is 0.343 e. The second-order valence-electron chi connectivity index (χ2n) is 5.75. The number of piperazine rings is 1. The first kappa shape index (κ1) is 15.3. The lowest BCUT2D eigenvalue weighted by Crippen LogP contribution is -2.60. The van der Waals surface area contributed by atoms with Crippen LogP contribution in [0.15, 0.2) is 24.3 Å². The van der Waals surface area contributed by atoms with Crippen molar-refractivity contribution in [1.29, 1.82) is 0 Å². The Balaban J connectivity index is 1.61. The molecule has 0 bridgehead atoms. The second kappa shape index (κ2) is 5.86. The van der Waals surface area contributed by atoms with Gasteiger partial charge in [-0.3, -0.25) is 9.59 Å². The molecule has 0 radical (unpaired) electrons. The summed E-state index contributed by atoms with van der Waals surface area (Å²) in [5, 5.41) is 7.71. The monoisotopic (exact) mass is 320 g/mol. The summed E-state index contributed by atoms with van der Waals surface area (Å²) in [5.74, 6) is -0.904. The van der Waals surface area contributed by atoms with E-state index >= 15 is 0 Å². The number of anilines is 1. The van der Waals surface area contributed by atoms with Gasteiger partial charge >= 0.3 is 6.03 Å². The van der Waals surface area contributed by atoms with Gasteiger partial charge in [0.05, 0.1) is 11.7 Å². The average molecular weight is 320 g/mol. The molecule has 0 aliphatic carbocycles. The molecule has 0 unspecified atom stereocenters. The number of urea groups is 1. The van der Waals surface area contributed by atoms with Gasteiger partial charge in [-0.2, -0.15) is 0 Å². The quantitative estimate of drug-likeness (QED) is 0.738. The number of para-hydroxylation sites is 1. The number of rotatable bonds is 2. The summed E-state index contributed by atoms with van der Waals surface area (Å²) in [6, 6.07) is 3.80. The molecule has 0 saturated carbocycles. The van der Waals surface area contributed by atoms with E-state index in [1.807, 2.05) is 0 Å². The van der Waals surface area contributed by atoms with E-state index in [1.165, 1.54) is 23.1 Å². The highest BCUT2D eigenvalue weighted by Gasteiger charge is 2.45. The highest BCUT2D eigenvalue weighted by molar-refractivity contribution is 5.97. The molecule has 23 heavy (non-hydrogen) atoms. The van der Waals surface area contributed by atoms with Crippen LogP contribution in [0.5, 0.6) is 0 Å². The summed E-state index contributed by atoms with van der Waals surface area (Å²) >= 11 is 0. The maximum atomic E-state index is 13.5. The number of fused-ring (bicyclic) bond motifs is 1. The van der Waals surface area contributed by atoms with Crippen LogP contribution in [0.2, 0.25) is 0 Å². The number of halogens is 1. The molecule has 0 spiro atoms. The molecule has 1 aromatic carbocycles. The first-order chi connectivity index (χ1) is 11.0. The maximum Gasteiger partial charge on any atom is 0.319 e. The molecule has 8 heteroatoms. The van der Waals surface area contributed by atoms with Crippen LogP contribution in [0.4, 0.5) is 14.9 Å². The number of nitrogens with one attached hydrogen (secondary N) is 3. The summed E-state index contributed by atoms with van der Waals surface area (Å²) < 4.78 is 13.5. The van der Waals surface area contributed by atoms with Crippen LogP contribution in [0.3, 0.4) is 0 Å². The van der Waals surface area contributed by atoms with Gasteiger partial charge in [0.15, 0.2) is 0 Å². The number of hydrogen-bond donors (Lipinski definition) is 3. The summed E-state index contributed by atoms with van der Waals surface area (Å²) in [4.78, 5) is 37.4. The molecule has 3 atom stereocenters. The van der Waals surface area contributed by atoms with Crippen molar-refractivity contribution in [2.45, 2.75) is 31.5 Å². The van der Waals surface area contributed by atoms with Crippen molar-refractivity contribution < 1.29 is 18.8 Å². The molecular weight excluding hydrogens is 303 g/mol. The van der Waals surface area contributed by atoms with Crippen LogP contribution >= 0.6 is 0 Å². The summed E-state index contributed by atoms with van der Waals surface area (Å²) in [5.41, 5.74) is 0.0724. The Bertz CT molecular complexity index is 666. The fraction of sp³-hybridized carbons (Fsp3) is 0.400. The standard InChI is InChI=1S/C15H17FN4O3/c1-8-14(22)20-7-9(6-12(20)13(21)17-8)18-15(23)19-11-5-3-2-4-10(11)16/h2-5,8-9,12H,6-7H2,1H3,(H,17,21)(H2,18,19,23)/t8-,9+,12+/m1/s1. The van der Waals surface area contributed by atoms with Gasteiger partial charge in [0.2, 0.25) is 11.8 Å². The van der Waals surface area contributed by atoms with E-state index in [0.717, 1.165) is 0 Å². The normalized spacial score (nSPS) is 26.5. The molecule has 2 saturated heterocycles. The van der Waals surface area contributed by atoms with Crippen LogP contribution in [0.1, 0.15) is 13.3 Å². The minimum absolute atomic E-state index is 0.0724. The molecule has 2 aliphatic rings. The van der Waals surface area contributed by atoms with Crippen LogP contribution in [-0.4, -0.2) is 47.4 Å². The zero-order valence-electron chi connectivity index (χ0n) is 12.5. The molecule has 122 valence electrons. The number of carbonyl (C=O) groups excluding carboxylic acids is 3. The minimum Gasteiger partial charge on any atom is -0.343 e. The lowest BCUT2D eigenvalue weighted by molar-refractivity contribution is -0.146. The Kier molecular flexibility index (Phi) is 3.89. The van der Waals surface area contributed by atoms with Crippen LogP contribution in [0, 0.1) is 5.82 Å². The van der Waals surface area contributed by atoms with Crippen molar-refractivity contribution >= 4 is 23.5 Å². The SMILES string of the molecule is C[C@H]1NC(=O)[C@@H]2C[C@H](NC(=O)Nc3ccccc3F)CN2C1=O. The van der Waals surface area contributed by atoms with Gasteiger partial charge in [-0.15, -0.1) is 0 Å². The maximum absolute atomic E-state index is 13.5. The Morgan fingerprint density at radius 1 is 1.35 bits per heavy atom. The third-order valence-electron chi connectivity index (χ3n) is 4.07. The summed E-state index contributed by atoms with van der Waals surface area (Å²) in [7, 11) is 0. The van der Waals surface area contributed by atoms with Gasteiger partial charge in [0.1, 0.15) is 17.9 Å². The van der Waals surface area contributed by atoms with Gasteiger partial charge in [0.25, 0.3) is 0 Å². The minimum atomic E-state index is -0.569. The number of amides is 4. The number of benzene rings is 1. The van der Waals surface area contributed by atoms with Crippen molar-refractivity contribution in [3.63, 3.8) is 0 Å². The molecule has 2 aliphatic heterocycles. The van der Waals surface area contributed by atoms with Gasteiger partial charge in [-0.25, -0.2) is 9.18 Å². The Morgan fingerprint density at radius 2 is 2.09 bits per heavy atom. The molecule has 7 nitrogen and oxygen atoms in total. The first-order valence-electron chi connectivity index (χ1n) is 7.38. The van der Waals surface area contributed by atoms with Crippen LogP contribution in [0.25, 0.3) is 0 Å². The first-order valence-corrected chi connectivity index (χ1v) is 7.38. The van der Waals surface area contributed by atoms with E-state index in [-0.39, 0.29) is 30.1 Å². The van der Waals surface area contributed by atoms with Crippen molar-refractivity contribution in [1.82, 2.24) is 15.5 Å². The predicted molar refractivity (Wildman–Crippen MR) is 80.1 cm³/mol. The average Bonchev–Trinajstić information content (AvgIpc) is 2.92. The van der Waals surface area contributed by atoms with Crippen molar-refractivity contribution in [3.05, 3.63) is 30.1 Å². The molecule has 2 heterocycles. The third kappa shape index (κ3) is 2.96. The van der Waals surface area contributed by atoms with E-state index in [9.17, 15) is 18.8 Å². The van der Waals surface area contributed by atoms with Gasteiger partial charge in [0, 0.05) is 6.54 Å². The van der Waals surface area contributed by atoms with Crippen molar-refractivity contribution in [2.24, 2.45) is 0 Å². The molecule has 3 N–H and O–H groups in total. The predicted octanol–water partition coefficient (Wildman–Crippen LogP) is 0.435. The van der Waals surface area contributed by atoms with E-state index in [1.54, 1.807) is 13.0 Å². The number of nitrogens with zero attached hydrogens (tertiary/aromatic N) is 1. The number of hydrogen-bond acceptors (Lipinski definition) is 3. The Morgan fingerprint density at radius 3 is 2.83 bits per heavy atom. The van der Waals surface area contributed by atoms with Crippen molar-refractivity contribution in [2.75, 3.05) is 11.9 Å². The number of carbonyl (C=O) groups is 3. The van der Waals surface area contributed by atoms with Crippen LogP contribution in [-0.2, 0) is 9.59 Å². The fourth-order valence-electron chi connectivity index (χ4n) is 2.96. The van der Waals surface area contributed by atoms with E-state index in [0.29, 0.717) is 6.42 Å². The lowest BCUT2D eigenvalue weighted by Gasteiger charge is -2.32. The second-order valence-corrected chi connectivity index (χ2v) is 5.75. The Hall–Kier alpha value is -2.64. The van der Waals surface area contributed by atoms with Gasteiger partial charge < -0.3 is 20.9 Å². The summed E-state index contributed by atoms with van der Waals surface area (Å²) in [6.07, 6.45) is 0.342. The zero-order valence-corrected chi connectivity index (χ0v) is 12.5. The lowest BCUT2D eigenvalue weighted by atomic mass is 10.1. The molecule has 3 rings (SSSR count). The molecule has 2 fully saturated rings. The highest BCUT2D eigenvalue weighted by Crippen LogP contribution is 2.22. The van der Waals surface area contributed by atoms with Crippen molar-refractivity contribution in [3.8, 4) is 0 Å².